The number of hydrazine groups is 1. The molecule has 4 heteroatoms. The molecule has 1 saturated heterocycles. The van der Waals surface area contributed by atoms with Crippen LogP contribution in [0.15, 0.2) is 18.3 Å². The number of nitrogens with one attached hydrogen (secondary N) is 1. The minimum absolute atomic E-state index is 0.135. The summed E-state index contributed by atoms with van der Waals surface area (Å²) >= 11 is 0. The Morgan fingerprint density at radius 2 is 2.20 bits per heavy atom. The van der Waals surface area contributed by atoms with E-state index in [1.165, 1.54) is 31.2 Å². The van der Waals surface area contributed by atoms with Gasteiger partial charge in [-0.3, -0.25) is 16.3 Å². The number of hydrogen-bond donors (Lipinski definition) is 2. The Balaban J connectivity index is 1.76. The minimum atomic E-state index is 0.135. The first-order valence-electron chi connectivity index (χ1n) is 7.75. The highest BCUT2D eigenvalue weighted by atomic mass is 16.5. The van der Waals surface area contributed by atoms with E-state index in [0.29, 0.717) is 5.92 Å². The Labute approximate surface area is 121 Å². The van der Waals surface area contributed by atoms with Gasteiger partial charge in [-0.25, -0.2) is 0 Å². The van der Waals surface area contributed by atoms with Crippen LogP contribution in [0, 0.1) is 12.8 Å². The molecule has 1 aromatic heterocycles. The lowest BCUT2D eigenvalue weighted by Crippen LogP contribution is -2.43. The molecule has 2 aliphatic rings. The van der Waals surface area contributed by atoms with E-state index in [-0.39, 0.29) is 11.6 Å². The van der Waals surface area contributed by atoms with Crippen molar-refractivity contribution in [2.75, 3.05) is 6.61 Å². The second-order valence-corrected chi connectivity index (χ2v) is 6.37. The van der Waals surface area contributed by atoms with Crippen molar-refractivity contribution in [3.8, 4) is 0 Å². The summed E-state index contributed by atoms with van der Waals surface area (Å²) < 4.78 is 6.12. The van der Waals surface area contributed by atoms with Crippen LogP contribution in [-0.4, -0.2) is 17.2 Å². The molecule has 4 nitrogen and oxygen atoms in total. The van der Waals surface area contributed by atoms with Crippen LogP contribution in [0.5, 0.6) is 0 Å². The highest BCUT2D eigenvalue weighted by molar-refractivity contribution is 5.18. The van der Waals surface area contributed by atoms with Gasteiger partial charge in [0.25, 0.3) is 0 Å². The first-order valence-corrected chi connectivity index (χ1v) is 7.75. The molecule has 0 amide bonds. The third kappa shape index (κ3) is 2.73. The molecule has 20 heavy (non-hydrogen) atoms. The van der Waals surface area contributed by atoms with Crippen LogP contribution < -0.4 is 11.3 Å². The second-order valence-electron chi connectivity index (χ2n) is 6.37. The molecular formula is C16H25N3O. The van der Waals surface area contributed by atoms with Crippen LogP contribution in [-0.2, 0) is 4.74 Å². The summed E-state index contributed by atoms with van der Waals surface area (Å²) in [5, 5.41) is 0. The molecule has 2 fully saturated rings. The Hall–Kier alpha value is -0.970. The molecule has 0 radical (unpaired) electrons. The Morgan fingerprint density at radius 1 is 1.40 bits per heavy atom. The van der Waals surface area contributed by atoms with Crippen LogP contribution >= 0.6 is 0 Å². The third-order valence-corrected chi connectivity index (χ3v) is 4.99. The normalized spacial score (nSPS) is 26.8. The summed E-state index contributed by atoms with van der Waals surface area (Å²) in [6.07, 6.45) is 9.19. The fraction of sp³-hybridized carbons (Fsp3) is 0.688. The molecule has 3 rings (SSSR count). The summed E-state index contributed by atoms with van der Waals surface area (Å²) in [5.41, 5.74) is 5.39. The highest BCUT2D eigenvalue weighted by Crippen LogP contribution is 2.45. The molecule has 2 heterocycles. The van der Waals surface area contributed by atoms with Crippen molar-refractivity contribution in [3.05, 3.63) is 29.6 Å². The zero-order valence-corrected chi connectivity index (χ0v) is 12.3. The number of ether oxygens (including phenoxy) is 1. The van der Waals surface area contributed by atoms with Crippen LogP contribution in [0.4, 0.5) is 0 Å². The summed E-state index contributed by atoms with van der Waals surface area (Å²) in [7, 11) is 0. The molecule has 1 aromatic rings. The fourth-order valence-corrected chi connectivity index (χ4v) is 3.89. The average Bonchev–Trinajstić information content (AvgIpc) is 2.90. The van der Waals surface area contributed by atoms with E-state index in [1.54, 1.807) is 0 Å². The number of nitrogens with two attached hydrogens (primary N) is 1. The van der Waals surface area contributed by atoms with E-state index >= 15 is 0 Å². The van der Waals surface area contributed by atoms with Crippen LogP contribution in [0.1, 0.15) is 55.8 Å². The number of rotatable bonds is 3. The van der Waals surface area contributed by atoms with Gasteiger partial charge < -0.3 is 4.74 Å². The van der Waals surface area contributed by atoms with Crippen molar-refractivity contribution in [2.24, 2.45) is 11.8 Å². The number of nitrogens with zero attached hydrogens (tertiary/aromatic N) is 1. The highest BCUT2D eigenvalue weighted by Gasteiger charge is 2.42. The van der Waals surface area contributed by atoms with E-state index in [0.717, 1.165) is 25.1 Å². The second kappa shape index (κ2) is 5.80. The molecule has 0 bridgehead atoms. The molecule has 1 aliphatic carbocycles. The SMILES string of the molecule is Cc1ccc(C(NN)C2CCOC3(CCCC3)C2)cn1. The van der Waals surface area contributed by atoms with Gasteiger partial charge in [-0.15, -0.1) is 0 Å². The lowest BCUT2D eigenvalue weighted by atomic mass is 9.79. The van der Waals surface area contributed by atoms with Crippen molar-refractivity contribution < 1.29 is 4.74 Å². The number of hydrogen-bond acceptors (Lipinski definition) is 4. The van der Waals surface area contributed by atoms with Gasteiger partial charge in [0, 0.05) is 18.5 Å². The van der Waals surface area contributed by atoms with Crippen LogP contribution in [0.2, 0.25) is 0 Å². The van der Waals surface area contributed by atoms with Gasteiger partial charge in [0.15, 0.2) is 0 Å². The van der Waals surface area contributed by atoms with Gasteiger partial charge >= 0.3 is 0 Å². The average molecular weight is 275 g/mol. The van der Waals surface area contributed by atoms with E-state index in [2.05, 4.69) is 22.5 Å². The van der Waals surface area contributed by atoms with E-state index < -0.39 is 0 Å². The molecule has 1 spiro atoms. The van der Waals surface area contributed by atoms with Crippen molar-refractivity contribution in [1.29, 1.82) is 0 Å². The van der Waals surface area contributed by atoms with Crippen LogP contribution in [0.25, 0.3) is 0 Å². The maximum Gasteiger partial charge on any atom is 0.0686 e. The monoisotopic (exact) mass is 275 g/mol. The summed E-state index contributed by atoms with van der Waals surface area (Å²) in [4.78, 5) is 4.41. The number of aromatic nitrogens is 1. The van der Waals surface area contributed by atoms with Gasteiger partial charge in [-0.05, 0) is 50.2 Å². The molecule has 2 atom stereocenters. The van der Waals surface area contributed by atoms with E-state index in [1.807, 2.05) is 13.1 Å². The fourth-order valence-electron chi connectivity index (χ4n) is 3.89. The first kappa shape index (κ1) is 14.0. The molecule has 0 aromatic carbocycles. The molecule has 110 valence electrons. The molecular weight excluding hydrogens is 250 g/mol. The quantitative estimate of drug-likeness (QED) is 0.657. The third-order valence-electron chi connectivity index (χ3n) is 4.99. The molecule has 1 aliphatic heterocycles. The molecule has 3 N–H and O–H groups in total. The van der Waals surface area contributed by atoms with E-state index in [9.17, 15) is 0 Å². The zero-order valence-electron chi connectivity index (χ0n) is 12.3. The first-order chi connectivity index (χ1) is 9.72. The molecule has 2 unspecified atom stereocenters. The van der Waals surface area contributed by atoms with E-state index in [4.69, 9.17) is 10.6 Å². The van der Waals surface area contributed by atoms with Crippen molar-refractivity contribution in [3.63, 3.8) is 0 Å². The van der Waals surface area contributed by atoms with Gasteiger partial charge in [-0.1, -0.05) is 18.9 Å². The minimum Gasteiger partial charge on any atom is -0.375 e. The van der Waals surface area contributed by atoms with Crippen LogP contribution in [0.3, 0.4) is 0 Å². The Morgan fingerprint density at radius 3 is 2.85 bits per heavy atom. The predicted molar refractivity (Wildman–Crippen MR) is 78.9 cm³/mol. The van der Waals surface area contributed by atoms with Crippen molar-refractivity contribution in [2.45, 2.75) is 57.1 Å². The van der Waals surface area contributed by atoms with Gasteiger partial charge in [0.2, 0.25) is 0 Å². The Bertz CT molecular complexity index is 440. The van der Waals surface area contributed by atoms with Gasteiger partial charge in [0.05, 0.1) is 11.6 Å². The standard InChI is InChI=1S/C16H25N3O/c1-12-4-5-14(11-18-12)15(19-17)13-6-9-20-16(10-13)7-2-3-8-16/h4-5,11,13,15,19H,2-3,6-10,17H2,1H3. The van der Waals surface area contributed by atoms with Crippen molar-refractivity contribution in [1.82, 2.24) is 10.4 Å². The largest absolute Gasteiger partial charge is 0.375 e. The summed E-state index contributed by atoms with van der Waals surface area (Å²) in [5.74, 6) is 6.38. The van der Waals surface area contributed by atoms with Crippen molar-refractivity contribution >= 4 is 0 Å². The topological polar surface area (TPSA) is 60.2 Å². The zero-order chi connectivity index (χ0) is 14.0. The number of aryl methyl sites for hydroxylation is 1. The van der Waals surface area contributed by atoms with Gasteiger partial charge in [-0.2, -0.15) is 0 Å². The Kier molecular flexibility index (Phi) is 4.06. The smallest absolute Gasteiger partial charge is 0.0686 e. The predicted octanol–water partition coefficient (Wildman–Crippen LogP) is 2.63. The van der Waals surface area contributed by atoms with Gasteiger partial charge in [0.1, 0.15) is 0 Å². The lowest BCUT2D eigenvalue weighted by Gasteiger charge is -2.41. The number of pyridine rings is 1. The molecule has 1 saturated carbocycles. The summed E-state index contributed by atoms with van der Waals surface area (Å²) in [6, 6.07) is 4.39. The lowest BCUT2D eigenvalue weighted by molar-refractivity contribution is -0.0982. The maximum atomic E-state index is 6.12. The summed E-state index contributed by atoms with van der Waals surface area (Å²) in [6.45, 7) is 2.87. The maximum absolute atomic E-state index is 6.12.